The number of hydrogen-bond donors (Lipinski definition) is 1. The van der Waals surface area contributed by atoms with Crippen LogP contribution in [0.2, 0.25) is 0 Å². The zero-order valence-corrected chi connectivity index (χ0v) is 25.8. The van der Waals surface area contributed by atoms with Gasteiger partial charge in [0.05, 0.1) is 27.9 Å². The Balaban J connectivity index is 1.41. The Hall–Kier alpha value is -3.80. The Kier molecular flexibility index (Phi) is 6.48. The second kappa shape index (κ2) is 9.85. The molecule has 1 N–H and O–H groups in total. The SMILES string of the molecule is O=C1C2CC=C3C(CC4(Cl)C(=O)N(CBr)C(=O)C4(Cl)C3c3ccc(O)c4ccccc34)C2C(=O)N1c1ccc([N+](=O)[O-])cc1. The van der Waals surface area contributed by atoms with E-state index in [9.17, 15) is 34.4 Å². The summed E-state index contributed by atoms with van der Waals surface area (Å²) in [7, 11) is 0. The normalized spacial score (nSPS) is 31.2. The zero-order chi connectivity index (χ0) is 31.3. The van der Waals surface area contributed by atoms with Gasteiger partial charge in [0, 0.05) is 23.4 Å². The molecule has 4 aliphatic rings. The van der Waals surface area contributed by atoms with Crippen molar-refractivity contribution in [2.45, 2.75) is 28.5 Å². The molecule has 3 aromatic rings. The average Bonchev–Trinajstić information content (AvgIpc) is 3.35. The highest BCUT2D eigenvalue weighted by Crippen LogP contribution is 2.66. The second-order valence-electron chi connectivity index (χ2n) is 11.5. The van der Waals surface area contributed by atoms with Gasteiger partial charge in [-0.15, -0.1) is 23.2 Å². The summed E-state index contributed by atoms with van der Waals surface area (Å²) in [6, 6.07) is 15.3. The van der Waals surface area contributed by atoms with Crippen LogP contribution in [0, 0.1) is 27.9 Å². The quantitative estimate of drug-likeness (QED) is 0.0966. The summed E-state index contributed by atoms with van der Waals surface area (Å²) in [5, 5.41) is 22.9. The van der Waals surface area contributed by atoms with Gasteiger partial charge in [-0.05, 0) is 47.9 Å². The molecule has 2 saturated heterocycles. The lowest BCUT2D eigenvalue weighted by Gasteiger charge is -2.51. The number of nitro groups is 1. The highest BCUT2D eigenvalue weighted by molar-refractivity contribution is 9.09. The van der Waals surface area contributed by atoms with Crippen molar-refractivity contribution in [3.63, 3.8) is 0 Å². The molecule has 2 aliphatic heterocycles. The standard InChI is InChI=1S/C31H22BrCl2N3O7/c32-14-35-28(41)30(33)13-22-20(25(31(30,34)29(35)42)19-11-12-23(38)18-4-2-1-3-17(18)19)9-10-21-24(22)27(40)36(26(21)39)15-5-7-16(8-6-15)37(43)44/h1-9,11-12,21-22,24-25,38H,10,13-14H2. The molecule has 2 heterocycles. The molecule has 7 rings (SSSR count). The molecule has 2 aliphatic carbocycles. The summed E-state index contributed by atoms with van der Waals surface area (Å²) in [6.07, 6.45) is 1.83. The van der Waals surface area contributed by atoms with Gasteiger partial charge >= 0.3 is 0 Å². The largest absolute Gasteiger partial charge is 0.507 e. The number of phenolic OH excluding ortho intramolecular Hbond substituents is 1. The predicted molar refractivity (Wildman–Crippen MR) is 165 cm³/mol. The zero-order valence-electron chi connectivity index (χ0n) is 22.7. The first-order valence-electron chi connectivity index (χ1n) is 13.8. The van der Waals surface area contributed by atoms with Crippen LogP contribution in [0.5, 0.6) is 5.75 Å². The number of hydrogen-bond acceptors (Lipinski definition) is 7. The number of benzene rings is 3. The Morgan fingerprint density at radius 2 is 1.61 bits per heavy atom. The molecular weight excluding hydrogens is 677 g/mol. The molecule has 0 bridgehead atoms. The lowest BCUT2D eigenvalue weighted by molar-refractivity contribution is -0.384. The third kappa shape index (κ3) is 3.60. The van der Waals surface area contributed by atoms with Crippen LogP contribution in [0.25, 0.3) is 10.8 Å². The van der Waals surface area contributed by atoms with Crippen molar-refractivity contribution in [2.75, 3.05) is 10.4 Å². The van der Waals surface area contributed by atoms with E-state index in [2.05, 4.69) is 15.9 Å². The maximum Gasteiger partial charge on any atom is 0.269 e. The van der Waals surface area contributed by atoms with Gasteiger partial charge in [-0.2, -0.15) is 0 Å². The van der Waals surface area contributed by atoms with Crippen LogP contribution in [0.3, 0.4) is 0 Å². The van der Waals surface area contributed by atoms with Crippen LogP contribution in [-0.4, -0.2) is 53.8 Å². The number of carbonyl (C=O) groups is 4. The first-order chi connectivity index (χ1) is 21.0. The van der Waals surface area contributed by atoms with Crippen molar-refractivity contribution in [1.82, 2.24) is 4.90 Å². The number of likely N-dealkylation sites (tertiary alicyclic amines) is 1. The molecule has 1 saturated carbocycles. The van der Waals surface area contributed by atoms with E-state index < -0.39 is 62.0 Å². The summed E-state index contributed by atoms with van der Waals surface area (Å²) >= 11 is 17.8. The van der Waals surface area contributed by atoms with Crippen LogP contribution in [0.15, 0.2) is 72.3 Å². The Bertz CT molecular complexity index is 1870. The number of anilines is 1. The maximum atomic E-state index is 14.1. The van der Waals surface area contributed by atoms with Gasteiger partial charge in [0.1, 0.15) is 5.75 Å². The van der Waals surface area contributed by atoms with Gasteiger partial charge in [0.2, 0.25) is 11.8 Å². The lowest BCUT2D eigenvalue weighted by Crippen LogP contribution is -2.60. The Labute approximate surface area is 268 Å². The third-order valence-corrected chi connectivity index (χ3v) is 11.5. The number of nitrogens with zero attached hydrogens (tertiary/aromatic N) is 3. The van der Waals surface area contributed by atoms with Crippen LogP contribution in [0.1, 0.15) is 24.3 Å². The molecule has 0 spiro atoms. The molecule has 0 aromatic heterocycles. The average molecular weight is 699 g/mol. The summed E-state index contributed by atoms with van der Waals surface area (Å²) < 4.78 is 0. The van der Waals surface area contributed by atoms with E-state index in [1.807, 2.05) is 6.08 Å². The number of carbonyl (C=O) groups excluding carboxylic acids is 4. The summed E-state index contributed by atoms with van der Waals surface area (Å²) in [4.78, 5) is 64.4. The van der Waals surface area contributed by atoms with Crippen LogP contribution >= 0.6 is 39.1 Å². The van der Waals surface area contributed by atoms with Gasteiger partial charge < -0.3 is 5.11 Å². The number of aromatic hydroxyl groups is 1. The van der Waals surface area contributed by atoms with Gasteiger partial charge in [0.25, 0.3) is 17.5 Å². The topological polar surface area (TPSA) is 138 Å². The first kappa shape index (κ1) is 28.9. The van der Waals surface area contributed by atoms with Crippen LogP contribution < -0.4 is 4.90 Å². The van der Waals surface area contributed by atoms with Crippen molar-refractivity contribution >= 4 is 84.9 Å². The number of fused-ring (bicyclic) bond motifs is 5. The molecule has 224 valence electrons. The van der Waals surface area contributed by atoms with Gasteiger partial charge in [-0.1, -0.05) is 57.9 Å². The van der Waals surface area contributed by atoms with Gasteiger partial charge in [0.15, 0.2) is 9.75 Å². The number of non-ortho nitro benzene ring substituents is 1. The molecule has 6 unspecified atom stereocenters. The minimum absolute atomic E-state index is 0.0152. The fourth-order valence-corrected chi connectivity index (χ4v) is 9.05. The van der Waals surface area contributed by atoms with E-state index in [1.165, 1.54) is 30.3 Å². The molecule has 4 amide bonds. The highest BCUT2D eigenvalue weighted by Gasteiger charge is 2.76. The minimum atomic E-state index is -1.97. The van der Waals surface area contributed by atoms with Gasteiger partial charge in [-0.25, -0.2) is 0 Å². The van der Waals surface area contributed by atoms with Crippen molar-refractivity contribution in [3.05, 3.63) is 88.0 Å². The molecular formula is C31H22BrCl2N3O7. The van der Waals surface area contributed by atoms with E-state index in [0.29, 0.717) is 21.9 Å². The maximum absolute atomic E-state index is 14.1. The van der Waals surface area contributed by atoms with E-state index in [4.69, 9.17) is 23.2 Å². The first-order valence-corrected chi connectivity index (χ1v) is 15.7. The predicted octanol–water partition coefficient (Wildman–Crippen LogP) is 5.37. The Morgan fingerprint density at radius 3 is 2.27 bits per heavy atom. The van der Waals surface area contributed by atoms with E-state index in [1.54, 1.807) is 30.3 Å². The number of amides is 4. The molecule has 3 aromatic carbocycles. The molecule has 3 fully saturated rings. The number of rotatable bonds is 4. The third-order valence-electron chi connectivity index (χ3n) is 9.58. The van der Waals surface area contributed by atoms with Crippen molar-refractivity contribution in [3.8, 4) is 5.75 Å². The lowest BCUT2D eigenvalue weighted by atomic mass is 9.56. The number of phenols is 1. The van der Waals surface area contributed by atoms with E-state index in [0.717, 1.165) is 9.80 Å². The molecule has 6 atom stereocenters. The van der Waals surface area contributed by atoms with Crippen molar-refractivity contribution in [2.24, 2.45) is 17.8 Å². The number of alkyl halides is 3. The van der Waals surface area contributed by atoms with Gasteiger partial charge in [-0.3, -0.25) is 39.1 Å². The number of nitro benzene ring substituents is 1. The fourth-order valence-electron chi connectivity index (χ4n) is 7.63. The molecule has 0 radical (unpaired) electrons. The molecule has 10 nitrogen and oxygen atoms in total. The summed E-state index contributed by atoms with van der Waals surface area (Å²) in [6.45, 7) is 0. The number of imide groups is 2. The van der Waals surface area contributed by atoms with Crippen molar-refractivity contribution in [1.29, 1.82) is 0 Å². The Morgan fingerprint density at radius 1 is 0.932 bits per heavy atom. The summed E-state index contributed by atoms with van der Waals surface area (Å²) in [5.74, 6) is -5.75. The van der Waals surface area contributed by atoms with E-state index >= 15 is 0 Å². The highest BCUT2D eigenvalue weighted by atomic mass is 79.9. The molecule has 44 heavy (non-hydrogen) atoms. The van der Waals surface area contributed by atoms with Crippen LogP contribution in [0.4, 0.5) is 11.4 Å². The number of halogens is 3. The number of allylic oxidation sites excluding steroid dienone is 2. The fraction of sp³-hybridized carbons (Fsp3) is 0.290. The van der Waals surface area contributed by atoms with Crippen LogP contribution in [-0.2, 0) is 19.2 Å². The smallest absolute Gasteiger partial charge is 0.269 e. The van der Waals surface area contributed by atoms with Crippen molar-refractivity contribution < 1.29 is 29.2 Å². The minimum Gasteiger partial charge on any atom is -0.507 e. The van der Waals surface area contributed by atoms with E-state index in [-0.39, 0.29) is 35.4 Å². The summed E-state index contributed by atoms with van der Waals surface area (Å²) in [5.41, 5.74) is 1.04. The monoisotopic (exact) mass is 697 g/mol. The molecule has 13 heteroatoms. The second-order valence-corrected chi connectivity index (χ2v) is 13.2.